The van der Waals surface area contributed by atoms with Gasteiger partial charge >= 0.3 is 179 Å². The van der Waals surface area contributed by atoms with E-state index in [1.807, 2.05) is 0 Å². The van der Waals surface area contributed by atoms with Gasteiger partial charge in [-0.15, -0.1) is 0 Å². The normalized spacial score (nSPS) is 9.54. The van der Waals surface area contributed by atoms with E-state index in [9.17, 15) is 19.6 Å². The van der Waals surface area contributed by atoms with Crippen LogP contribution in [-0.2, 0) is 7.33 Å². The van der Waals surface area contributed by atoms with Gasteiger partial charge in [-0.3, -0.25) is 0 Å². The Kier molecular flexibility index (Phi) is 31.9. The van der Waals surface area contributed by atoms with Gasteiger partial charge in [0, 0.05) is 0 Å². The van der Waals surface area contributed by atoms with Crippen LogP contribution in [0.2, 0.25) is 0 Å². The van der Waals surface area contributed by atoms with Crippen LogP contribution in [0.15, 0.2) is 0 Å². The van der Waals surface area contributed by atoms with Crippen LogP contribution in [0.1, 0.15) is 0 Å². The molecule has 0 aromatic heterocycles. The van der Waals surface area contributed by atoms with E-state index in [1.165, 1.54) is 0 Å². The maximum atomic E-state index is 9.44. The molecule has 0 aliphatic rings. The molecule has 0 radical (unpaired) electrons. The number of rotatable bonds is 2. The molecule has 0 saturated carbocycles. The second-order valence-electron chi connectivity index (χ2n) is 0.976. The summed E-state index contributed by atoms with van der Waals surface area (Å²) in [5.74, 6) is 0. The Morgan fingerprint density at radius 2 is 0.846 bits per heavy atom. The monoisotopic (exact) mass is 446 g/mol. The van der Waals surface area contributed by atoms with Crippen LogP contribution in [0, 0.1) is 0 Å². The third-order valence-corrected chi connectivity index (χ3v) is 9.00. The summed E-state index contributed by atoms with van der Waals surface area (Å²) in [6, 6.07) is 0. The molecule has 0 atom stereocenters. The Balaban J connectivity index is -0.0000000533. The van der Waals surface area contributed by atoms with Gasteiger partial charge < -0.3 is 0 Å². The molecule has 0 aliphatic carbocycles. The molecule has 56 valence electrons. The summed E-state index contributed by atoms with van der Waals surface area (Å²) < 4.78 is 59.3. The molecule has 7 nitrogen and oxygen atoms in total. The fourth-order valence-corrected chi connectivity index (χ4v) is 5.51. The van der Waals surface area contributed by atoms with Crippen LogP contribution in [0.3, 0.4) is 0 Å². The molecule has 0 saturated heterocycles. The standard InChI is InChI=1S/4Na.7O.2Sb/q4*+1;;;;4*-1;;. The second-order valence-corrected chi connectivity index (χ2v) is 9.67. The van der Waals surface area contributed by atoms with Gasteiger partial charge in [-0.05, 0) is 0 Å². The average Bonchev–Trinajstić information content (AvgIpc) is 1.14. The Hall–Kier alpha value is 5.04. The van der Waals surface area contributed by atoms with Crippen LogP contribution in [0.25, 0.3) is 0 Å². The molecule has 0 heterocycles. The topological polar surface area (TPSA) is 136 Å². The Bertz CT molecular complexity index is 159. The first-order valence-electron chi connectivity index (χ1n) is 1.46. The first kappa shape index (κ1) is 30.8. The van der Waals surface area contributed by atoms with Crippen molar-refractivity contribution in [1.82, 2.24) is 0 Å². The van der Waals surface area contributed by atoms with Gasteiger partial charge in [0.1, 0.15) is 0 Å². The van der Waals surface area contributed by atoms with Crippen molar-refractivity contribution in [3.05, 3.63) is 0 Å². The van der Waals surface area contributed by atoms with E-state index < -0.39 is 40.1 Å². The molecule has 0 spiro atoms. The molecule has 13 heteroatoms. The quantitative estimate of drug-likeness (QED) is 0.384. The third kappa shape index (κ3) is 31.6. The molecule has 0 bridgehead atoms. The van der Waals surface area contributed by atoms with E-state index in [0.717, 1.165) is 0 Å². The first-order chi connectivity index (χ1) is 3.71. The van der Waals surface area contributed by atoms with Crippen LogP contribution in [0.4, 0.5) is 0 Å². The van der Waals surface area contributed by atoms with Crippen LogP contribution < -0.4 is 132 Å². The van der Waals surface area contributed by atoms with Crippen molar-refractivity contribution in [2.75, 3.05) is 0 Å². The Morgan fingerprint density at radius 3 is 0.846 bits per heavy atom. The van der Waals surface area contributed by atoms with E-state index >= 15 is 0 Å². The minimum absolute atomic E-state index is 0. The van der Waals surface area contributed by atoms with E-state index in [0.29, 0.717) is 0 Å². The van der Waals surface area contributed by atoms with Gasteiger partial charge in [0.25, 0.3) is 0 Å². The van der Waals surface area contributed by atoms with Gasteiger partial charge in [-0.25, -0.2) is 0 Å². The molecular weight excluding hydrogens is 447 g/mol. The molecule has 0 aromatic carbocycles. The van der Waals surface area contributed by atoms with Crippen molar-refractivity contribution in [3.63, 3.8) is 0 Å². The van der Waals surface area contributed by atoms with Gasteiger partial charge in [0.15, 0.2) is 0 Å². The molecule has 0 unspecified atom stereocenters. The summed E-state index contributed by atoms with van der Waals surface area (Å²) in [6.45, 7) is 0. The fourth-order valence-electron chi connectivity index (χ4n) is 0.122. The third-order valence-electron chi connectivity index (χ3n) is 0.200. The van der Waals surface area contributed by atoms with Crippen molar-refractivity contribution in [1.29, 1.82) is 0 Å². The Labute approximate surface area is 174 Å². The average molecular weight is 447 g/mol. The zero-order chi connectivity index (χ0) is 7.71. The molecule has 0 fully saturated rings. The molecule has 0 N–H and O–H groups in total. The van der Waals surface area contributed by atoms with E-state index in [-0.39, 0.29) is 118 Å². The maximum absolute atomic E-state index is 9.44. The molecule has 0 rings (SSSR count). The Morgan fingerprint density at radius 1 is 0.692 bits per heavy atom. The summed E-state index contributed by atoms with van der Waals surface area (Å²) in [6.07, 6.45) is 0. The van der Waals surface area contributed by atoms with Gasteiger partial charge in [0.05, 0.1) is 0 Å². The van der Waals surface area contributed by atoms with Gasteiger partial charge in [-0.2, -0.15) is 0 Å². The number of hydrogen-bond donors (Lipinski definition) is 0. The second kappa shape index (κ2) is 13.5. The molecule has 0 amide bonds. The molecular formula is Na4O7Sb2. The molecule has 0 aromatic rings. The zero-order valence-corrected chi connectivity index (χ0v) is 20.9. The van der Waals surface area contributed by atoms with E-state index in [4.69, 9.17) is 0 Å². The zero-order valence-electron chi connectivity index (χ0n) is 7.75. The SMILES string of the molecule is [Na+].[Na+].[Na+].[Na+].[O]=[Sb]([O-])([O-])[O][Sb](=[O])([O-])[O-]. The summed E-state index contributed by atoms with van der Waals surface area (Å²) in [7, 11) is 0. The summed E-state index contributed by atoms with van der Waals surface area (Å²) in [4.78, 5) is 0. The van der Waals surface area contributed by atoms with Crippen molar-refractivity contribution >= 4 is 40.1 Å². The summed E-state index contributed by atoms with van der Waals surface area (Å²) in [5, 5.41) is 0. The van der Waals surface area contributed by atoms with Crippen molar-refractivity contribution < 1.29 is 139 Å². The van der Waals surface area contributed by atoms with Crippen LogP contribution in [0.5, 0.6) is 0 Å². The number of hydrogen-bond acceptors (Lipinski definition) is 7. The van der Waals surface area contributed by atoms with Crippen molar-refractivity contribution in [2.45, 2.75) is 0 Å². The molecule has 13 heavy (non-hydrogen) atoms. The van der Waals surface area contributed by atoms with Gasteiger partial charge in [-0.1, -0.05) is 0 Å². The van der Waals surface area contributed by atoms with Crippen molar-refractivity contribution in [2.24, 2.45) is 0 Å². The fraction of sp³-hybridized carbons (Fsp3) is 0. The van der Waals surface area contributed by atoms with Crippen molar-refractivity contribution in [3.8, 4) is 0 Å². The predicted octanol–water partition coefficient (Wildman–Crippen LogP) is -17.8. The van der Waals surface area contributed by atoms with E-state index in [1.54, 1.807) is 0 Å². The molecule has 0 aliphatic heterocycles. The summed E-state index contributed by atoms with van der Waals surface area (Å²) in [5.41, 5.74) is 0. The summed E-state index contributed by atoms with van der Waals surface area (Å²) >= 11 is -12.9. The van der Waals surface area contributed by atoms with E-state index in [2.05, 4.69) is 1.29 Å². The minimum atomic E-state index is -6.45. The predicted molar refractivity (Wildman–Crippen MR) is 14.0 cm³/mol. The van der Waals surface area contributed by atoms with Crippen LogP contribution in [-0.4, -0.2) is 40.1 Å². The van der Waals surface area contributed by atoms with Crippen LogP contribution >= 0.6 is 0 Å². The van der Waals surface area contributed by atoms with Gasteiger partial charge in [0.2, 0.25) is 0 Å². The first-order valence-corrected chi connectivity index (χ1v) is 9.80.